The van der Waals surface area contributed by atoms with Gasteiger partial charge in [-0.25, -0.2) is 4.79 Å². The summed E-state index contributed by atoms with van der Waals surface area (Å²) in [4.78, 5) is 19.1. The molecule has 0 unspecified atom stereocenters. The first-order valence-corrected chi connectivity index (χ1v) is 9.16. The van der Waals surface area contributed by atoms with Gasteiger partial charge in [-0.2, -0.15) is 4.98 Å². The Morgan fingerprint density at radius 1 is 1.21 bits per heavy atom. The minimum Gasteiger partial charge on any atom is -0.496 e. The fourth-order valence-electron chi connectivity index (χ4n) is 2.98. The van der Waals surface area contributed by atoms with Crippen LogP contribution in [0, 0.1) is 6.92 Å². The summed E-state index contributed by atoms with van der Waals surface area (Å²) < 4.78 is 12.2. The zero-order valence-corrected chi connectivity index (χ0v) is 16.5. The number of hydrogen-bond acceptors (Lipinski definition) is 5. The third-order valence-electron chi connectivity index (χ3n) is 4.36. The van der Waals surface area contributed by atoms with Crippen molar-refractivity contribution in [1.29, 1.82) is 0 Å². The molecule has 146 valence electrons. The number of nitrogens with one attached hydrogen (secondary N) is 1. The zero-order chi connectivity index (χ0) is 20.4. The number of ether oxygens (including phenoxy) is 1. The molecule has 7 nitrogen and oxygen atoms in total. The summed E-state index contributed by atoms with van der Waals surface area (Å²) >= 11 is 6.05. The number of nitrogens with zero attached hydrogens (tertiary/aromatic N) is 3. The first-order chi connectivity index (χ1) is 14.0. The number of benzene rings is 2. The fraction of sp³-hybridized carbons (Fsp3) is 0.0952. The van der Waals surface area contributed by atoms with Crippen molar-refractivity contribution in [2.45, 2.75) is 6.92 Å². The van der Waals surface area contributed by atoms with Gasteiger partial charge in [-0.3, -0.25) is 4.57 Å². The predicted octanol–water partition coefficient (Wildman–Crippen LogP) is 4.36. The summed E-state index contributed by atoms with van der Waals surface area (Å²) in [6.45, 7) is 1.85. The van der Waals surface area contributed by atoms with Crippen molar-refractivity contribution in [1.82, 2.24) is 19.7 Å². The van der Waals surface area contributed by atoms with Crippen LogP contribution in [0.3, 0.4) is 0 Å². The molecule has 0 atom stereocenters. The molecule has 2 aromatic carbocycles. The smallest absolute Gasteiger partial charge is 0.330 e. The van der Waals surface area contributed by atoms with Crippen LogP contribution >= 0.6 is 11.6 Å². The Hall–Kier alpha value is -3.58. The van der Waals surface area contributed by atoms with Gasteiger partial charge in [0, 0.05) is 34.1 Å². The average molecular weight is 409 g/mol. The lowest BCUT2D eigenvalue weighted by atomic mass is 10.2. The molecule has 8 heteroatoms. The van der Waals surface area contributed by atoms with Gasteiger partial charge in [0.05, 0.1) is 12.8 Å². The Morgan fingerprint density at radius 3 is 2.83 bits per heavy atom. The molecule has 0 bridgehead atoms. The Balaban J connectivity index is 1.63. The highest BCUT2D eigenvalue weighted by atomic mass is 35.5. The number of rotatable bonds is 5. The minimum absolute atomic E-state index is 0.202. The molecular formula is C21H17ClN4O3. The maximum Gasteiger partial charge on any atom is 0.330 e. The van der Waals surface area contributed by atoms with Gasteiger partial charge in [0.1, 0.15) is 5.75 Å². The molecule has 2 aromatic heterocycles. The molecule has 4 rings (SSSR count). The fourth-order valence-corrected chi connectivity index (χ4v) is 3.16. The van der Waals surface area contributed by atoms with Crippen molar-refractivity contribution in [3.8, 4) is 22.8 Å². The van der Waals surface area contributed by atoms with Gasteiger partial charge in [-0.05, 0) is 43.3 Å². The molecular weight excluding hydrogens is 392 g/mol. The molecule has 0 aliphatic rings. The Labute approximate surface area is 171 Å². The number of aryl methyl sites for hydroxylation is 1. The van der Waals surface area contributed by atoms with Crippen LogP contribution in [-0.2, 0) is 0 Å². The quantitative estimate of drug-likeness (QED) is 0.530. The van der Waals surface area contributed by atoms with Crippen molar-refractivity contribution in [2.75, 3.05) is 7.11 Å². The Bertz CT molecular complexity index is 1250. The average Bonchev–Trinajstić information content (AvgIpc) is 3.33. The van der Waals surface area contributed by atoms with Crippen molar-refractivity contribution in [2.24, 2.45) is 0 Å². The van der Waals surface area contributed by atoms with Gasteiger partial charge >= 0.3 is 5.69 Å². The van der Waals surface area contributed by atoms with Crippen LogP contribution in [-0.4, -0.2) is 26.8 Å². The standard InChI is InChI=1S/C21H17ClN4O3/c1-13-12-23-21(27)26(13)17-5-3-4-15(11-17)20-24-19(29-25-20)9-6-14-10-16(22)7-8-18(14)28-2/h3-12H,1-2H3,(H,23,27)/b9-6+. The van der Waals surface area contributed by atoms with E-state index in [2.05, 4.69) is 15.1 Å². The maximum absolute atomic E-state index is 12.0. The van der Waals surface area contributed by atoms with Gasteiger partial charge in [0.15, 0.2) is 0 Å². The summed E-state index contributed by atoms with van der Waals surface area (Å²) in [6.07, 6.45) is 5.15. The van der Waals surface area contributed by atoms with E-state index >= 15 is 0 Å². The second-order valence-electron chi connectivity index (χ2n) is 6.30. The molecule has 2 heterocycles. The third kappa shape index (κ3) is 3.86. The molecule has 0 fully saturated rings. The van der Waals surface area contributed by atoms with Crippen molar-refractivity contribution in [3.05, 3.63) is 81.3 Å². The van der Waals surface area contributed by atoms with Crippen LogP contribution < -0.4 is 10.4 Å². The van der Waals surface area contributed by atoms with E-state index in [-0.39, 0.29) is 5.69 Å². The first kappa shape index (κ1) is 18.8. The normalized spacial score (nSPS) is 11.3. The third-order valence-corrected chi connectivity index (χ3v) is 4.60. The lowest BCUT2D eigenvalue weighted by molar-refractivity contribution is 0.411. The minimum atomic E-state index is -0.202. The van der Waals surface area contributed by atoms with E-state index in [1.165, 1.54) is 0 Å². The summed E-state index contributed by atoms with van der Waals surface area (Å²) in [5, 5.41) is 4.64. The van der Waals surface area contributed by atoms with E-state index in [4.69, 9.17) is 20.9 Å². The van der Waals surface area contributed by atoms with E-state index in [1.54, 1.807) is 48.2 Å². The van der Waals surface area contributed by atoms with E-state index in [1.807, 2.05) is 31.2 Å². The van der Waals surface area contributed by atoms with Crippen LogP contribution in [0.5, 0.6) is 5.75 Å². The monoisotopic (exact) mass is 408 g/mol. The van der Waals surface area contributed by atoms with E-state index in [0.717, 1.165) is 22.5 Å². The van der Waals surface area contributed by atoms with Crippen LogP contribution in [0.4, 0.5) is 0 Å². The van der Waals surface area contributed by atoms with Crippen molar-refractivity contribution < 1.29 is 9.26 Å². The highest BCUT2D eigenvalue weighted by Gasteiger charge is 2.10. The summed E-state index contributed by atoms with van der Waals surface area (Å²) in [5.74, 6) is 1.44. The lowest BCUT2D eigenvalue weighted by Crippen LogP contribution is -2.15. The molecule has 0 aliphatic heterocycles. The highest BCUT2D eigenvalue weighted by Crippen LogP contribution is 2.25. The summed E-state index contributed by atoms with van der Waals surface area (Å²) in [7, 11) is 1.59. The van der Waals surface area contributed by atoms with Crippen molar-refractivity contribution >= 4 is 23.8 Å². The number of H-pyrrole nitrogens is 1. The molecule has 29 heavy (non-hydrogen) atoms. The van der Waals surface area contributed by atoms with Gasteiger partial charge in [-0.1, -0.05) is 28.9 Å². The van der Waals surface area contributed by atoms with Gasteiger partial charge < -0.3 is 14.2 Å². The summed E-state index contributed by atoms with van der Waals surface area (Å²) in [6, 6.07) is 12.7. The molecule has 1 N–H and O–H groups in total. The number of halogens is 1. The zero-order valence-electron chi connectivity index (χ0n) is 15.7. The van der Waals surface area contributed by atoms with Gasteiger partial charge in [0.25, 0.3) is 5.89 Å². The van der Waals surface area contributed by atoms with Crippen LogP contribution in [0.15, 0.2) is 58.0 Å². The SMILES string of the molecule is COc1ccc(Cl)cc1/C=C/c1nc(-c2cccc(-n3c(C)c[nH]c3=O)c2)no1. The van der Waals surface area contributed by atoms with Crippen LogP contribution in [0.2, 0.25) is 5.02 Å². The largest absolute Gasteiger partial charge is 0.496 e. The summed E-state index contributed by atoms with van der Waals surface area (Å²) in [5.41, 5.74) is 2.85. The Kier molecular flexibility index (Phi) is 5.05. The topological polar surface area (TPSA) is 85.9 Å². The second kappa shape index (κ2) is 7.81. The van der Waals surface area contributed by atoms with E-state index in [0.29, 0.717) is 22.5 Å². The number of methoxy groups -OCH3 is 1. The predicted molar refractivity (Wildman–Crippen MR) is 111 cm³/mol. The van der Waals surface area contributed by atoms with Gasteiger partial charge in [-0.15, -0.1) is 0 Å². The second-order valence-corrected chi connectivity index (χ2v) is 6.73. The molecule has 0 amide bonds. The lowest BCUT2D eigenvalue weighted by Gasteiger charge is -2.05. The molecule has 0 spiro atoms. The van der Waals surface area contributed by atoms with Crippen LogP contribution in [0.1, 0.15) is 17.1 Å². The number of aromatic nitrogens is 4. The van der Waals surface area contributed by atoms with E-state index in [9.17, 15) is 4.79 Å². The van der Waals surface area contributed by atoms with Crippen LogP contribution in [0.25, 0.3) is 29.2 Å². The van der Waals surface area contributed by atoms with Gasteiger partial charge in [0.2, 0.25) is 5.82 Å². The van der Waals surface area contributed by atoms with E-state index < -0.39 is 0 Å². The van der Waals surface area contributed by atoms with Crippen molar-refractivity contribution in [3.63, 3.8) is 0 Å². The maximum atomic E-state index is 12.0. The number of imidazole rings is 1. The number of hydrogen-bond donors (Lipinski definition) is 1. The molecule has 0 saturated carbocycles. The molecule has 0 radical (unpaired) electrons. The number of aromatic amines is 1. The molecule has 0 aliphatic carbocycles. The molecule has 4 aromatic rings. The molecule has 0 saturated heterocycles. The first-order valence-electron chi connectivity index (χ1n) is 8.78. The Morgan fingerprint density at radius 2 is 2.07 bits per heavy atom. The highest BCUT2D eigenvalue weighted by molar-refractivity contribution is 6.30.